The summed E-state index contributed by atoms with van der Waals surface area (Å²) in [5.74, 6) is 1.13. The maximum absolute atomic E-state index is 12.5. The number of rotatable bonds is 8. The number of benzene rings is 1. The lowest BCUT2D eigenvalue weighted by Crippen LogP contribution is -2.25. The Kier molecular flexibility index (Phi) is 6.93. The van der Waals surface area contributed by atoms with Crippen LogP contribution < -0.4 is 10.1 Å². The van der Waals surface area contributed by atoms with E-state index in [-0.39, 0.29) is 17.3 Å². The van der Waals surface area contributed by atoms with Crippen molar-refractivity contribution in [1.29, 1.82) is 0 Å². The van der Waals surface area contributed by atoms with Crippen molar-refractivity contribution < 1.29 is 9.53 Å². The first-order valence-electron chi connectivity index (χ1n) is 8.67. The molecule has 3 rings (SSSR count). The van der Waals surface area contributed by atoms with Gasteiger partial charge in [-0.25, -0.2) is 4.98 Å². The minimum atomic E-state index is -0.351. The van der Waals surface area contributed by atoms with Crippen molar-refractivity contribution in [2.75, 3.05) is 5.32 Å². The Labute approximate surface area is 176 Å². The molecule has 10 heteroatoms. The summed E-state index contributed by atoms with van der Waals surface area (Å²) in [5.41, 5.74) is 0. The largest absolute Gasteiger partial charge is 0.481 e. The van der Waals surface area contributed by atoms with E-state index in [1.165, 1.54) is 23.1 Å². The van der Waals surface area contributed by atoms with Crippen LogP contribution in [0.4, 0.5) is 5.13 Å². The van der Waals surface area contributed by atoms with Crippen LogP contribution in [0.3, 0.4) is 0 Å². The van der Waals surface area contributed by atoms with E-state index >= 15 is 0 Å². The molecule has 0 saturated carbocycles. The van der Waals surface area contributed by atoms with Crippen LogP contribution >= 0.6 is 34.7 Å². The highest BCUT2D eigenvalue weighted by atomic mass is 35.5. The monoisotopic (exact) mass is 437 g/mol. The second-order valence-corrected chi connectivity index (χ2v) is 8.40. The molecule has 0 aliphatic carbocycles. The van der Waals surface area contributed by atoms with Gasteiger partial charge in [0.25, 0.3) is 0 Å². The van der Waals surface area contributed by atoms with Crippen LogP contribution in [0.5, 0.6) is 5.75 Å². The number of aromatic nitrogens is 4. The summed E-state index contributed by atoms with van der Waals surface area (Å²) in [6.45, 7) is 3.84. The molecule has 0 spiro atoms. The molecule has 2 unspecified atom stereocenters. The molecule has 3 aromatic rings. The third-order valence-corrected chi connectivity index (χ3v) is 6.34. The maximum Gasteiger partial charge on any atom is 0.239 e. The molecule has 2 heterocycles. The van der Waals surface area contributed by atoms with Gasteiger partial charge in [-0.15, -0.1) is 21.5 Å². The van der Waals surface area contributed by atoms with Gasteiger partial charge in [0.2, 0.25) is 5.91 Å². The molecule has 0 aliphatic rings. The third kappa shape index (κ3) is 4.84. The predicted octanol–water partition coefficient (Wildman–Crippen LogP) is 4.57. The maximum atomic E-state index is 12.5. The minimum absolute atomic E-state index is 0.104. The van der Waals surface area contributed by atoms with E-state index in [0.29, 0.717) is 33.3 Å². The second-order valence-electron chi connectivity index (χ2n) is 5.93. The van der Waals surface area contributed by atoms with Crippen LogP contribution in [0.2, 0.25) is 5.02 Å². The topological polar surface area (TPSA) is 81.9 Å². The number of hydrogen-bond donors (Lipinski definition) is 1. The summed E-state index contributed by atoms with van der Waals surface area (Å²) in [5, 5.41) is 14.6. The molecule has 0 saturated heterocycles. The first-order chi connectivity index (χ1) is 13.5. The SMILES string of the molecule is CCC(Sc1nnc(C(C)Oc2ccccc2Cl)n1C)C(=O)Nc1nccs1. The lowest BCUT2D eigenvalue weighted by atomic mass is 10.3. The summed E-state index contributed by atoms with van der Waals surface area (Å²) in [6.07, 6.45) is 1.95. The van der Waals surface area contributed by atoms with Gasteiger partial charge in [0.15, 0.2) is 22.2 Å². The number of hydrogen-bond acceptors (Lipinski definition) is 7. The number of anilines is 1. The molecule has 2 atom stereocenters. The number of amides is 1. The lowest BCUT2D eigenvalue weighted by molar-refractivity contribution is -0.115. The Bertz CT molecular complexity index is 932. The number of halogens is 1. The summed E-state index contributed by atoms with van der Waals surface area (Å²) < 4.78 is 7.76. The molecule has 148 valence electrons. The quantitative estimate of drug-likeness (QED) is 0.519. The first kappa shape index (κ1) is 20.6. The average Bonchev–Trinajstić information content (AvgIpc) is 3.31. The highest BCUT2D eigenvalue weighted by molar-refractivity contribution is 8.00. The number of nitrogens with one attached hydrogen (secondary N) is 1. The van der Waals surface area contributed by atoms with E-state index in [1.807, 2.05) is 43.0 Å². The summed E-state index contributed by atoms with van der Waals surface area (Å²) in [4.78, 5) is 16.6. The van der Waals surface area contributed by atoms with Crippen molar-refractivity contribution in [3.8, 4) is 5.75 Å². The van der Waals surface area contributed by atoms with Crippen molar-refractivity contribution in [3.05, 3.63) is 46.7 Å². The van der Waals surface area contributed by atoms with Gasteiger partial charge in [-0.05, 0) is 25.5 Å². The number of carbonyl (C=O) groups excluding carboxylic acids is 1. The van der Waals surface area contributed by atoms with Gasteiger partial charge < -0.3 is 14.6 Å². The molecule has 2 aromatic heterocycles. The summed E-state index contributed by atoms with van der Waals surface area (Å²) >= 11 is 8.91. The molecule has 1 aromatic carbocycles. The molecule has 0 fully saturated rings. The molecule has 0 radical (unpaired) electrons. The fourth-order valence-corrected chi connectivity index (χ4v) is 4.13. The second kappa shape index (κ2) is 9.40. The van der Waals surface area contributed by atoms with Crippen LogP contribution in [0, 0.1) is 0 Å². The zero-order valence-corrected chi connectivity index (χ0v) is 18.0. The van der Waals surface area contributed by atoms with Crippen LogP contribution in [-0.4, -0.2) is 30.9 Å². The highest BCUT2D eigenvalue weighted by Crippen LogP contribution is 2.30. The Morgan fingerprint density at radius 2 is 2.18 bits per heavy atom. The fourth-order valence-electron chi connectivity index (χ4n) is 2.49. The van der Waals surface area contributed by atoms with Gasteiger partial charge in [0.05, 0.1) is 10.3 Å². The molecule has 0 bridgehead atoms. The van der Waals surface area contributed by atoms with Gasteiger partial charge in [-0.3, -0.25) is 4.79 Å². The molecular weight excluding hydrogens is 418 g/mol. The standard InChI is InChI=1S/C18H20ClN5O2S2/c1-4-14(16(25)21-17-20-9-10-27-17)28-18-23-22-15(24(18)3)11(2)26-13-8-6-5-7-12(13)19/h5-11,14H,4H2,1-3H3,(H,20,21,25). The Morgan fingerprint density at radius 1 is 1.39 bits per heavy atom. The van der Waals surface area contributed by atoms with Gasteiger partial charge in [-0.2, -0.15) is 0 Å². The van der Waals surface area contributed by atoms with Crippen molar-refractivity contribution in [2.45, 2.75) is 36.8 Å². The van der Waals surface area contributed by atoms with E-state index < -0.39 is 0 Å². The normalized spacial score (nSPS) is 13.1. The smallest absolute Gasteiger partial charge is 0.239 e. The van der Waals surface area contributed by atoms with Gasteiger partial charge >= 0.3 is 0 Å². The van der Waals surface area contributed by atoms with Crippen LogP contribution in [0.25, 0.3) is 0 Å². The summed E-state index contributed by atoms with van der Waals surface area (Å²) in [7, 11) is 1.86. The van der Waals surface area contributed by atoms with Gasteiger partial charge in [0.1, 0.15) is 5.75 Å². The lowest BCUT2D eigenvalue weighted by Gasteiger charge is -2.16. The highest BCUT2D eigenvalue weighted by Gasteiger charge is 2.24. The number of carbonyl (C=O) groups is 1. The molecule has 7 nitrogen and oxygen atoms in total. The van der Waals surface area contributed by atoms with E-state index in [1.54, 1.807) is 18.3 Å². The molecule has 0 aliphatic heterocycles. The number of ether oxygens (including phenoxy) is 1. The van der Waals surface area contributed by atoms with Gasteiger partial charge in [-0.1, -0.05) is 42.4 Å². The number of thioether (sulfide) groups is 1. The Morgan fingerprint density at radius 3 is 2.86 bits per heavy atom. The number of nitrogens with zero attached hydrogens (tertiary/aromatic N) is 4. The van der Waals surface area contributed by atoms with Crippen LogP contribution in [0.1, 0.15) is 32.2 Å². The molecule has 1 N–H and O–H groups in total. The number of para-hydroxylation sites is 1. The van der Waals surface area contributed by atoms with Crippen molar-refractivity contribution in [2.24, 2.45) is 7.05 Å². The average molecular weight is 438 g/mol. The predicted molar refractivity (Wildman–Crippen MR) is 112 cm³/mol. The fraction of sp³-hybridized carbons (Fsp3) is 0.333. The number of thiazole rings is 1. The Balaban J connectivity index is 1.69. The zero-order chi connectivity index (χ0) is 20.1. The van der Waals surface area contributed by atoms with Crippen LogP contribution in [0.15, 0.2) is 41.0 Å². The van der Waals surface area contributed by atoms with E-state index in [9.17, 15) is 4.79 Å². The van der Waals surface area contributed by atoms with E-state index in [2.05, 4.69) is 20.5 Å². The van der Waals surface area contributed by atoms with E-state index in [0.717, 1.165) is 0 Å². The van der Waals surface area contributed by atoms with Crippen molar-refractivity contribution >= 4 is 45.7 Å². The molecule has 1 amide bonds. The van der Waals surface area contributed by atoms with Gasteiger partial charge in [0, 0.05) is 18.6 Å². The minimum Gasteiger partial charge on any atom is -0.481 e. The van der Waals surface area contributed by atoms with Crippen molar-refractivity contribution in [3.63, 3.8) is 0 Å². The third-order valence-electron chi connectivity index (χ3n) is 3.95. The van der Waals surface area contributed by atoms with Crippen LogP contribution in [-0.2, 0) is 11.8 Å². The molecule has 28 heavy (non-hydrogen) atoms. The zero-order valence-electron chi connectivity index (χ0n) is 15.6. The Hall–Kier alpha value is -2.10. The molecular formula is C18H20ClN5O2S2. The van der Waals surface area contributed by atoms with Crippen molar-refractivity contribution in [1.82, 2.24) is 19.7 Å². The van der Waals surface area contributed by atoms with E-state index in [4.69, 9.17) is 16.3 Å². The summed E-state index contributed by atoms with van der Waals surface area (Å²) in [6, 6.07) is 7.28. The first-order valence-corrected chi connectivity index (χ1v) is 10.8.